The number of ether oxygens (including phenoxy) is 1. The summed E-state index contributed by atoms with van der Waals surface area (Å²) < 4.78 is 18.7. The van der Waals surface area contributed by atoms with Gasteiger partial charge in [-0.05, 0) is 42.3 Å². The Labute approximate surface area is 122 Å². The van der Waals surface area contributed by atoms with Gasteiger partial charge in [-0.1, -0.05) is 12.1 Å². The van der Waals surface area contributed by atoms with Gasteiger partial charge in [-0.2, -0.15) is 0 Å². The second-order valence-electron chi connectivity index (χ2n) is 4.60. The minimum Gasteiger partial charge on any atom is -0.497 e. The molecule has 0 aliphatic rings. The second kappa shape index (κ2) is 6.74. The van der Waals surface area contributed by atoms with Gasteiger partial charge in [0.15, 0.2) is 0 Å². The Balaban J connectivity index is 1.93. The van der Waals surface area contributed by atoms with Crippen LogP contribution in [0.5, 0.6) is 5.75 Å². The van der Waals surface area contributed by atoms with Crippen LogP contribution in [0.2, 0.25) is 0 Å². The van der Waals surface area contributed by atoms with Gasteiger partial charge in [0.1, 0.15) is 11.6 Å². The molecule has 0 aliphatic carbocycles. The van der Waals surface area contributed by atoms with Crippen molar-refractivity contribution >= 4 is 11.6 Å². The van der Waals surface area contributed by atoms with E-state index in [1.807, 2.05) is 24.3 Å². The van der Waals surface area contributed by atoms with E-state index < -0.39 is 11.7 Å². The number of nitrogens with one attached hydrogen (secondary N) is 1. The van der Waals surface area contributed by atoms with Crippen LogP contribution in [0.1, 0.15) is 15.9 Å². The van der Waals surface area contributed by atoms with E-state index in [2.05, 4.69) is 5.32 Å². The van der Waals surface area contributed by atoms with Gasteiger partial charge < -0.3 is 15.8 Å². The molecule has 1 amide bonds. The minimum atomic E-state index is -0.580. The first kappa shape index (κ1) is 14.8. The molecule has 0 aliphatic heterocycles. The molecule has 2 aromatic rings. The lowest BCUT2D eigenvalue weighted by Gasteiger charge is -2.08. The summed E-state index contributed by atoms with van der Waals surface area (Å²) in [6.07, 6.45) is 0.632. The predicted molar refractivity (Wildman–Crippen MR) is 79.8 cm³/mol. The summed E-state index contributed by atoms with van der Waals surface area (Å²) in [4.78, 5) is 11.9. The molecule has 0 atom stereocenters. The van der Waals surface area contributed by atoms with Crippen LogP contribution in [-0.4, -0.2) is 19.6 Å². The van der Waals surface area contributed by atoms with E-state index in [-0.39, 0.29) is 5.56 Å². The predicted octanol–water partition coefficient (Wildman–Crippen LogP) is 2.39. The molecule has 21 heavy (non-hydrogen) atoms. The van der Waals surface area contributed by atoms with Crippen molar-refractivity contribution in [3.05, 3.63) is 59.4 Å². The number of benzene rings is 2. The highest BCUT2D eigenvalue weighted by molar-refractivity contribution is 5.95. The molecule has 0 bridgehead atoms. The summed E-state index contributed by atoms with van der Waals surface area (Å²) in [5, 5.41) is 2.68. The van der Waals surface area contributed by atoms with Crippen molar-refractivity contribution in [3.63, 3.8) is 0 Å². The van der Waals surface area contributed by atoms with Crippen LogP contribution in [-0.2, 0) is 6.42 Å². The normalized spacial score (nSPS) is 10.2. The molecule has 2 rings (SSSR count). The third-order valence-corrected chi connectivity index (χ3v) is 3.07. The number of carbonyl (C=O) groups excluding carboxylic acids is 1. The van der Waals surface area contributed by atoms with E-state index in [1.54, 1.807) is 7.11 Å². The lowest BCUT2D eigenvalue weighted by atomic mass is 10.1. The molecule has 0 heterocycles. The number of nitrogens with two attached hydrogens (primary N) is 1. The van der Waals surface area contributed by atoms with E-state index in [0.29, 0.717) is 18.7 Å². The number of rotatable bonds is 5. The number of methoxy groups -OCH3 is 1. The van der Waals surface area contributed by atoms with Crippen LogP contribution < -0.4 is 15.8 Å². The highest BCUT2D eigenvalue weighted by Crippen LogP contribution is 2.13. The summed E-state index contributed by atoms with van der Waals surface area (Å²) in [5.41, 5.74) is 6.90. The van der Waals surface area contributed by atoms with Gasteiger partial charge in [-0.25, -0.2) is 4.39 Å². The molecule has 3 N–H and O–H groups in total. The van der Waals surface area contributed by atoms with Gasteiger partial charge in [0.2, 0.25) is 0 Å². The lowest BCUT2D eigenvalue weighted by molar-refractivity contribution is 0.0950. The van der Waals surface area contributed by atoms with Gasteiger partial charge in [0.05, 0.1) is 12.7 Å². The zero-order valence-corrected chi connectivity index (χ0v) is 11.7. The van der Waals surface area contributed by atoms with Crippen LogP contribution in [0.3, 0.4) is 0 Å². The minimum absolute atomic E-state index is 0.0411. The van der Waals surface area contributed by atoms with Crippen LogP contribution in [0.25, 0.3) is 0 Å². The number of halogens is 1. The molecule has 110 valence electrons. The molecule has 4 nitrogen and oxygen atoms in total. The number of carbonyl (C=O) groups is 1. The van der Waals surface area contributed by atoms with Gasteiger partial charge in [-0.3, -0.25) is 4.79 Å². The van der Waals surface area contributed by atoms with E-state index in [0.717, 1.165) is 11.3 Å². The van der Waals surface area contributed by atoms with Crippen molar-refractivity contribution in [3.8, 4) is 5.75 Å². The molecule has 0 radical (unpaired) electrons. The Bertz CT molecular complexity index is 644. The molecular formula is C16H17FN2O2. The molecule has 0 spiro atoms. The Kier molecular flexibility index (Phi) is 4.77. The largest absolute Gasteiger partial charge is 0.497 e. The maximum Gasteiger partial charge on any atom is 0.254 e. The van der Waals surface area contributed by atoms with Crippen molar-refractivity contribution in [1.29, 1.82) is 0 Å². The lowest BCUT2D eigenvalue weighted by Crippen LogP contribution is -2.26. The van der Waals surface area contributed by atoms with Crippen LogP contribution >= 0.6 is 0 Å². The third kappa shape index (κ3) is 3.95. The van der Waals surface area contributed by atoms with Crippen LogP contribution in [0, 0.1) is 5.82 Å². The number of amides is 1. The summed E-state index contributed by atoms with van der Waals surface area (Å²) in [6.45, 7) is 0.403. The van der Waals surface area contributed by atoms with Gasteiger partial charge in [-0.15, -0.1) is 0 Å². The monoisotopic (exact) mass is 288 g/mol. The van der Waals surface area contributed by atoms with E-state index >= 15 is 0 Å². The molecule has 0 saturated carbocycles. The fraction of sp³-hybridized carbons (Fsp3) is 0.188. The average molecular weight is 288 g/mol. The smallest absolute Gasteiger partial charge is 0.254 e. The van der Waals surface area contributed by atoms with Crippen molar-refractivity contribution in [1.82, 2.24) is 5.32 Å². The Hall–Kier alpha value is -2.56. The average Bonchev–Trinajstić information content (AvgIpc) is 2.49. The number of anilines is 1. The first-order valence-corrected chi connectivity index (χ1v) is 6.56. The van der Waals surface area contributed by atoms with E-state index in [1.165, 1.54) is 18.2 Å². The number of hydrogen-bond donors (Lipinski definition) is 2. The molecule has 0 saturated heterocycles. The first-order chi connectivity index (χ1) is 10.1. The van der Waals surface area contributed by atoms with E-state index in [4.69, 9.17) is 10.5 Å². The van der Waals surface area contributed by atoms with Gasteiger partial charge in [0, 0.05) is 12.2 Å². The van der Waals surface area contributed by atoms with Gasteiger partial charge >= 0.3 is 0 Å². The third-order valence-electron chi connectivity index (χ3n) is 3.07. The van der Waals surface area contributed by atoms with Crippen molar-refractivity contribution in [2.75, 3.05) is 19.4 Å². The molecule has 5 heteroatoms. The molecule has 0 fully saturated rings. The quantitative estimate of drug-likeness (QED) is 0.830. The fourth-order valence-corrected chi connectivity index (χ4v) is 1.96. The zero-order valence-electron chi connectivity index (χ0n) is 11.7. The number of nitrogen functional groups attached to an aromatic ring is 1. The van der Waals surface area contributed by atoms with Crippen molar-refractivity contribution < 1.29 is 13.9 Å². The standard InChI is InChI=1S/C16H17FN2O2/c1-21-13-4-2-3-11(9-13)7-8-19-16(20)14-10-12(18)5-6-15(14)17/h2-6,9-10H,7-8,18H2,1H3,(H,19,20). The Morgan fingerprint density at radius 2 is 2.10 bits per heavy atom. The second-order valence-corrected chi connectivity index (χ2v) is 4.60. The molecule has 0 unspecified atom stereocenters. The highest BCUT2D eigenvalue weighted by Gasteiger charge is 2.11. The number of hydrogen-bond acceptors (Lipinski definition) is 3. The summed E-state index contributed by atoms with van der Waals surface area (Å²) >= 11 is 0. The van der Waals surface area contributed by atoms with E-state index in [9.17, 15) is 9.18 Å². The molecule has 2 aromatic carbocycles. The topological polar surface area (TPSA) is 64.3 Å². The first-order valence-electron chi connectivity index (χ1n) is 6.56. The molecular weight excluding hydrogens is 271 g/mol. The van der Waals surface area contributed by atoms with Crippen molar-refractivity contribution in [2.45, 2.75) is 6.42 Å². The van der Waals surface area contributed by atoms with Crippen molar-refractivity contribution in [2.24, 2.45) is 0 Å². The van der Waals surface area contributed by atoms with Crippen LogP contribution in [0.15, 0.2) is 42.5 Å². The maximum absolute atomic E-state index is 13.5. The maximum atomic E-state index is 13.5. The zero-order chi connectivity index (χ0) is 15.2. The molecule has 0 aromatic heterocycles. The van der Waals surface area contributed by atoms with Gasteiger partial charge in [0.25, 0.3) is 5.91 Å². The summed E-state index contributed by atoms with van der Waals surface area (Å²) in [5.74, 6) is -0.286. The summed E-state index contributed by atoms with van der Waals surface area (Å²) in [7, 11) is 1.60. The highest BCUT2D eigenvalue weighted by atomic mass is 19.1. The summed E-state index contributed by atoms with van der Waals surface area (Å²) in [6, 6.07) is 11.5. The Morgan fingerprint density at radius 1 is 1.29 bits per heavy atom. The fourth-order valence-electron chi connectivity index (χ4n) is 1.96. The van der Waals surface area contributed by atoms with Crippen LogP contribution in [0.4, 0.5) is 10.1 Å². The Morgan fingerprint density at radius 3 is 2.86 bits per heavy atom. The SMILES string of the molecule is COc1cccc(CCNC(=O)c2cc(N)ccc2F)c1.